The van der Waals surface area contributed by atoms with Crippen molar-refractivity contribution in [3.8, 4) is 0 Å². The number of likely N-dealkylation sites (N-methyl/N-ethyl adjacent to an activating group) is 1. The van der Waals surface area contributed by atoms with Crippen LogP contribution in [0, 0.1) is 11.8 Å². The Balaban J connectivity index is 1.69. The zero-order valence-corrected chi connectivity index (χ0v) is 21.9. The van der Waals surface area contributed by atoms with Gasteiger partial charge in [-0.25, -0.2) is 4.79 Å². The number of carbonyl (C=O) groups is 2. The highest BCUT2D eigenvalue weighted by Gasteiger charge is 2.41. The monoisotopic (exact) mass is 506 g/mol. The molecule has 1 unspecified atom stereocenters. The number of hydrogen-bond donors (Lipinski definition) is 4. The Bertz CT molecular complexity index is 832. The second kappa shape index (κ2) is 13.5. The quantitative estimate of drug-likeness (QED) is 0.361. The maximum absolute atomic E-state index is 13.3. The molecule has 196 valence electrons. The van der Waals surface area contributed by atoms with Crippen LogP contribution in [0.2, 0.25) is 5.02 Å². The molecule has 1 aliphatic carbocycles. The zero-order chi connectivity index (χ0) is 25.3. The van der Waals surface area contributed by atoms with E-state index >= 15 is 0 Å². The van der Waals surface area contributed by atoms with Crippen molar-refractivity contribution < 1.29 is 14.7 Å². The minimum Gasteiger partial charge on any atom is -0.385 e. The third kappa shape index (κ3) is 8.09. The van der Waals surface area contributed by atoms with Crippen molar-refractivity contribution in [2.45, 2.75) is 82.3 Å². The molecule has 1 aliphatic heterocycles. The first-order valence-electron chi connectivity index (χ1n) is 13.3. The molecule has 8 heteroatoms. The largest absolute Gasteiger partial charge is 0.385 e. The van der Waals surface area contributed by atoms with Gasteiger partial charge in [-0.15, -0.1) is 0 Å². The average Bonchev–Trinajstić information content (AvgIpc) is 2.84. The summed E-state index contributed by atoms with van der Waals surface area (Å²) < 4.78 is 0. The van der Waals surface area contributed by atoms with Gasteiger partial charge < -0.3 is 26.4 Å². The number of nitrogens with zero attached hydrogens (tertiary/aromatic N) is 1. The van der Waals surface area contributed by atoms with Gasteiger partial charge in [-0.2, -0.15) is 0 Å². The first-order valence-corrected chi connectivity index (χ1v) is 13.7. The van der Waals surface area contributed by atoms with Gasteiger partial charge >= 0.3 is 6.03 Å². The van der Waals surface area contributed by atoms with Crippen LogP contribution >= 0.6 is 11.6 Å². The molecule has 1 heterocycles. The molecule has 1 aromatic carbocycles. The fraction of sp³-hybridized carbons (Fsp3) is 0.704. The van der Waals surface area contributed by atoms with E-state index in [-0.39, 0.29) is 30.3 Å². The number of aliphatic hydroxyl groups is 1. The van der Waals surface area contributed by atoms with E-state index in [1.165, 1.54) is 32.1 Å². The van der Waals surface area contributed by atoms with Crippen molar-refractivity contribution in [1.29, 1.82) is 0 Å². The number of piperidine rings is 1. The molecule has 2 aliphatic rings. The van der Waals surface area contributed by atoms with Gasteiger partial charge in [-0.05, 0) is 62.8 Å². The molecule has 1 aromatic rings. The highest BCUT2D eigenvalue weighted by atomic mass is 35.5. The van der Waals surface area contributed by atoms with E-state index in [1.54, 1.807) is 12.1 Å². The van der Waals surface area contributed by atoms with Crippen LogP contribution in [0.1, 0.15) is 76.2 Å². The molecule has 35 heavy (non-hydrogen) atoms. The van der Waals surface area contributed by atoms with Gasteiger partial charge in [0.2, 0.25) is 5.91 Å². The van der Waals surface area contributed by atoms with Crippen LogP contribution in [-0.4, -0.2) is 54.7 Å². The van der Waals surface area contributed by atoms with Crippen molar-refractivity contribution in [2.24, 2.45) is 17.6 Å². The molecule has 0 bridgehead atoms. The molecule has 3 rings (SSSR count). The molecule has 1 saturated heterocycles. The van der Waals surface area contributed by atoms with E-state index in [0.29, 0.717) is 36.9 Å². The number of carbonyl (C=O) groups excluding carboxylic acids is 2. The van der Waals surface area contributed by atoms with Crippen LogP contribution in [0.3, 0.4) is 0 Å². The molecular formula is C27H43ClN4O3. The summed E-state index contributed by atoms with van der Waals surface area (Å²) in [6, 6.07) is 7.32. The van der Waals surface area contributed by atoms with Crippen LogP contribution in [0.15, 0.2) is 24.3 Å². The van der Waals surface area contributed by atoms with Crippen LogP contribution in [-0.2, 0) is 10.4 Å². The van der Waals surface area contributed by atoms with Gasteiger partial charge in [0, 0.05) is 43.0 Å². The Hall–Kier alpha value is -1.83. The molecule has 0 radical (unpaired) electrons. The van der Waals surface area contributed by atoms with E-state index in [2.05, 4.69) is 10.6 Å². The summed E-state index contributed by atoms with van der Waals surface area (Å²) in [5, 5.41) is 19.0. The first kappa shape index (κ1) is 27.8. The lowest BCUT2D eigenvalue weighted by molar-refractivity contribution is -0.118. The molecule has 3 atom stereocenters. The Morgan fingerprint density at radius 3 is 2.69 bits per heavy atom. The van der Waals surface area contributed by atoms with Crippen molar-refractivity contribution >= 4 is 23.5 Å². The summed E-state index contributed by atoms with van der Waals surface area (Å²) in [6.45, 7) is 1.88. The third-order valence-electron chi connectivity index (χ3n) is 7.81. The van der Waals surface area contributed by atoms with Crippen molar-refractivity contribution in [2.75, 3.05) is 26.7 Å². The molecule has 1 saturated carbocycles. The highest BCUT2D eigenvalue weighted by Crippen LogP contribution is 2.40. The van der Waals surface area contributed by atoms with Crippen molar-refractivity contribution in [3.63, 3.8) is 0 Å². The predicted octanol–water partition coefficient (Wildman–Crippen LogP) is 4.16. The number of nitrogens with one attached hydrogen (secondary N) is 2. The molecule has 3 amide bonds. The lowest BCUT2D eigenvalue weighted by atomic mass is 9.74. The number of likely N-dealkylation sites (tertiary alicyclic amines) is 1. The van der Waals surface area contributed by atoms with E-state index in [4.69, 9.17) is 17.3 Å². The lowest BCUT2D eigenvalue weighted by Gasteiger charge is -2.43. The molecular weight excluding hydrogens is 464 g/mol. The van der Waals surface area contributed by atoms with Gasteiger partial charge in [0.05, 0.1) is 5.60 Å². The molecule has 0 spiro atoms. The predicted molar refractivity (Wildman–Crippen MR) is 140 cm³/mol. The second-order valence-corrected chi connectivity index (χ2v) is 10.9. The van der Waals surface area contributed by atoms with Crippen LogP contribution in [0.5, 0.6) is 0 Å². The van der Waals surface area contributed by atoms with E-state index < -0.39 is 5.60 Å². The number of rotatable bonds is 11. The average molecular weight is 507 g/mol. The normalized spacial score (nSPS) is 21.8. The molecule has 7 nitrogen and oxygen atoms in total. The van der Waals surface area contributed by atoms with E-state index in [0.717, 1.165) is 31.4 Å². The topological polar surface area (TPSA) is 108 Å². The molecule has 5 N–H and O–H groups in total. The number of nitrogens with two attached hydrogens (primary N) is 1. The van der Waals surface area contributed by atoms with Crippen LogP contribution < -0.4 is 16.4 Å². The minimum atomic E-state index is -1.19. The zero-order valence-electron chi connectivity index (χ0n) is 21.1. The summed E-state index contributed by atoms with van der Waals surface area (Å²) >= 11 is 6.25. The lowest BCUT2D eigenvalue weighted by Crippen LogP contribution is -2.54. The Morgan fingerprint density at radius 2 is 2.00 bits per heavy atom. The Morgan fingerprint density at radius 1 is 1.23 bits per heavy atom. The number of amides is 3. The number of primary amides is 1. The summed E-state index contributed by atoms with van der Waals surface area (Å²) in [7, 11) is 1.92. The molecule has 2 fully saturated rings. The van der Waals surface area contributed by atoms with Gasteiger partial charge in [0.25, 0.3) is 0 Å². The number of hydrogen-bond acceptors (Lipinski definition) is 4. The third-order valence-corrected chi connectivity index (χ3v) is 8.05. The summed E-state index contributed by atoms with van der Waals surface area (Å²) in [6.07, 6.45) is 10.1. The number of halogens is 1. The minimum absolute atomic E-state index is 0.0589. The fourth-order valence-electron chi connectivity index (χ4n) is 5.96. The van der Waals surface area contributed by atoms with Gasteiger partial charge in [0.1, 0.15) is 0 Å². The summed E-state index contributed by atoms with van der Waals surface area (Å²) in [5.74, 6) is 0.140. The van der Waals surface area contributed by atoms with Crippen molar-refractivity contribution in [3.05, 3.63) is 34.9 Å². The van der Waals surface area contributed by atoms with Crippen LogP contribution in [0.25, 0.3) is 0 Å². The Kier molecular flexibility index (Phi) is 10.7. The molecule has 0 aromatic heterocycles. The fourth-order valence-corrected chi connectivity index (χ4v) is 6.15. The van der Waals surface area contributed by atoms with Gasteiger partial charge in [-0.1, -0.05) is 55.8 Å². The standard InChI is InChI=1S/C27H43ClN4O3/c1-30-18-24(16-20-8-3-2-4-9-20)31-26(34)32-15-7-11-22(19-32)27(35,14-6-13-25(29)33)21-10-5-12-23(28)17-21/h5,10,12,17,20,22,24,30,35H,2-4,6-9,11,13-16,18-19H2,1H3,(H2,29,33)(H,31,34)/t22-,24?,27-/m1/s1. The summed E-state index contributed by atoms with van der Waals surface area (Å²) in [5.41, 5.74) is 4.89. The highest BCUT2D eigenvalue weighted by molar-refractivity contribution is 6.30. The van der Waals surface area contributed by atoms with E-state index in [1.807, 2.05) is 24.1 Å². The smallest absolute Gasteiger partial charge is 0.317 e. The van der Waals surface area contributed by atoms with Gasteiger partial charge in [0.15, 0.2) is 0 Å². The number of benzene rings is 1. The maximum Gasteiger partial charge on any atom is 0.317 e. The SMILES string of the molecule is CNCC(CC1CCCCC1)NC(=O)N1CCC[C@@H]([C@@](O)(CCCC(N)=O)c2cccc(Cl)c2)C1. The maximum atomic E-state index is 13.3. The van der Waals surface area contributed by atoms with Gasteiger partial charge in [-0.3, -0.25) is 4.79 Å². The van der Waals surface area contributed by atoms with E-state index in [9.17, 15) is 14.7 Å². The van der Waals surface area contributed by atoms with Crippen molar-refractivity contribution in [1.82, 2.24) is 15.5 Å². The second-order valence-electron chi connectivity index (χ2n) is 10.5. The first-order chi connectivity index (χ1) is 16.8. The number of urea groups is 1. The Labute approximate surface area is 215 Å². The summed E-state index contributed by atoms with van der Waals surface area (Å²) in [4.78, 5) is 26.5. The van der Waals surface area contributed by atoms with Crippen LogP contribution in [0.4, 0.5) is 4.79 Å².